The SMILES string of the molecule is CNC(C)(C)C(=O)N(C)C1CCCc2ccccc21. The van der Waals surface area contributed by atoms with Crippen molar-refractivity contribution in [1.82, 2.24) is 10.2 Å². The van der Waals surface area contributed by atoms with E-state index < -0.39 is 5.54 Å². The van der Waals surface area contributed by atoms with Crippen molar-refractivity contribution in [3.63, 3.8) is 0 Å². The molecule has 0 fully saturated rings. The first kappa shape index (κ1) is 14.1. The molecule has 0 heterocycles. The molecule has 0 saturated carbocycles. The maximum absolute atomic E-state index is 12.6. The molecule has 0 spiro atoms. The Labute approximate surface area is 116 Å². The summed E-state index contributed by atoms with van der Waals surface area (Å²) in [5.41, 5.74) is 2.19. The van der Waals surface area contributed by atoms with E-state index in [0.29, 0.717) is 0 Å². The van der Waals surface area contributed by atoms with Gasteiger partial charge in [-0.2, -0.15) is 0 Å². The van der Waals surface area contributed by atoms with Crippen LogP contribution in [0.4, 0.5) is 0 Å². The smallest absolute Gasteiger partial charge is 0.242 e. The predicted molar refractivity (Wildman–Crippen MR) is 78.0 cm³/mol. The predicted octanol–water partition coefficient (Wildman–Crippen LogP) is 2.52. The monoisotopic (exact) mass is 260 g/mol. The van der Waals surface area contributed by atoms with Crippen molar-refractivity contribution < 1.29 is 4.79 Å². The Hall–Kier alpha value is -1.35. The van der Waals surface area contributed by atoms with Gasteiger partial charge in [-0.25, -0.2) is 0 Å². The van der Waals surface area contributed by atoms with Crippen LogP contribution < -0.4 is 5.32 Å². The van der Waals surface area contributed by atoms with Gasteiger partial charge in [-0.3, -0.25) is 4.79 Å². The summed E-state index contributed by atoms with van der Waals surface area (Å²) < 4.78 is 0. The Kier molecular flexibility index (Phi) is 3.95. The van der Waals surface area contributed by atoms with Crippen molar-refractivity contribution >= 4 is 5.91 Å². The Bertz CT molecular complexity index is 468. The van der Waals surface area contributed by atoms with Gasteiger partial charge in [0.2, 0.25) is 5.91 Å². The molecule has 1 N–H and O–H groups in total. The number of nitrogens with zero attached hydrogens (tertiary/aromatic N) is 1. The summed E-state index contributed by atoms with van der Waals surface area (Å²) in [6, 6.07) is 8.71. The zero-order valence-corrected chi connectivity index (χ0v) is 12.4. The van der Waals surface area contributed by atoms with Crippen LogP contribution >= 0.6 is 0 Å². The zero-order chi connectivity index (χ0) is 14.0. The molecular formula is C16H24N2O. The maximum Gasteiger partial charge on any atom is 0.242 e. The largest absolute Gasteiger partial charge is 0.337 e. The molecule has 1 amide bonds. The van der Waals surface area contributed by atoms with Gasteiger partial charge in [0.05, 0.1) is 11.6 Å². The maximum atomic E-state index is 12.6. The molecule has 0 aromatic heterocycles. The van der Waals surface area contributed by atoms with Gasteiger partial charge in [0, 0.05) is 7.05 Å². The summed E-state index contributed by atoms with van der Waals surface area (Å²) in [4.78, 5) is 14.5. The molecule has 1 aromatic carbocycles. The van der Waals surface area contributed by atoms with Crippen LogP contribution in [0.5, 0.6) is 0 Å². The fourth-order valence-electron chi connectivity index (χ4n) is 2.82. The Morgan fingerprint density at radius 3 is 2.74 bits per heavy atom. The van der Waals surface area contributed by atoms with E-state index in [1.54, 1.807) is 0 Å². The Morgan fingerprint density at radius 1 is 1.37 bits per heavy atom. The molecule has 0 saturated heterocycles. The number of nitrogens with one attached hydrogen (secondary N) is 1. The molecule has 1 atom stereocenters. The molecule has 0 radical (unpaired) electrons. The van der Waals surface area contributed by atoms with Crippen molar-refractivity contribution in [2.24, 2.45) is 0 Å². The van der Waals surface area contributed by atoms with Crippen LogP contribution in [-0.4, -0.2) is 30.4 Å². The lowest BCUT2D eigenvalue weighted by molar-refractivity contribution is -0.138. The van der Waals surface area contributed by atoms with Gasteiger partial charge in [0.15, 0.2) is 0 Å². The third-order valence-electron chi connectivity index (χ3n) is 4.29. The van der Waals surface area contributed by atoms with Crippen molar-refractivity contribution in [2.75, 3.05) is 14.1 Å². The summed E-state index contributed by atoms with van der Waals surface area (Å²) in [5.74, 6) is 0.150. The van der Waals surface area contributed by atoms with Crippen LogP contribution in [0.3, 0.4) is 0 Å². The van der Waals surface area contributed by atoms with Crippen LogP contribution in [0.15, 0.2) is 24.3 Å². The fourth-order valence-corrected chi connectivity index (χ4v) is 2.82. The lowest BCUT2D eigenvalue weighted by Gasteiger charge is -2.37. The highest BCUT2D eigenvalue weighted by molar-refractivity contribution is 5.85. The molecule has 3 heteroatoms. The number of hydrogen-bond acceptors (Lipinski definition) is 2. The van der Waals surface area contributed by atoms with Gasteiger partial charge in [-0.15, -0.1) is 0 Å². The second-order valence-corrected chi connectivity index (χ2v) is 5.90. The van der Waals surface area contributed by atoms with E-state index in [-0.39, 0.29) is 11.9 Å². The van der Waals surface area contributed by atoms with Gasteiger partial charge in [0.25, 0.3) is 0 Å². The van der Waals surface area contributed by atoms with Crippen molar-refractivity contribution in [3.8, 4) is 0 Å². The Balaban J connectivity index is 2.26. The Morgan fingerprint density at radius 2 is 2.05 bits per heavy atom. The second-order valence-electron chi connectivity index (χ2n) is 5.90. The second kappa shape index (κ2) is 5.33. The van der Waals surface area contributed by atoms with Gasteiger partial charge in [0.1, 0.15) is 0 Å². The summed E-state index contributed by atoms with van der Waals surface area (Å²) in [6.45, 7) is 3.86. The topological polar surface area (TPSA) is 32.3 Å². The lowest BCUT2D eigenvalue weighted by Crippen LogP contribution is -2.52. The first-order valence-corrected chi connectivity index (χ1v) is 7.01. The molecule has 2 rings (SSSR count). The highest BCUT2D eigenvalue weighted by atomic mass is 16.2. The normalized spacial score (nSPS) is 18.8. The number of carbonyl (C=O) groups excluding carboxylic acids is 1. The van der Waals surface area contributed by atoms with Crippen molar-refractivity contribution in [2.45, 2.75) is 44.7 Å². The highest BCUT2D eigenvalue weighted by Crippen LogP contribution is 2.34. The molecule has 104 valence electrons. The van der Waals surface area contributed by atoms with Gasteiger partial charge in [-0.05, 0) is 51.3 Å². The van der Waals surface area contributed by atoms with E-state index in [0.717, 1.165) is 19.3 Å². The van der Waals surface area contributed by atoms with Crippen LogP contribution in [0.2, 0.25) is 0 Å². The molecule has 19 heavy (non-hydrogen) atoms. The van der Waals surface area contributed by atoms with Crippen LogP contribution in [0.1, 0.15) is 43.9 Å². The fraction of sp³-hybridized carbons (Fsp3) is 0.562. The molecule has 1 aliphatic rings. The van der Waals surface area contributed by atoms with E-state index >= 15 is 0 Å². The number of aryl methyl sites for hydroxylation is 1. The van der Waals surface area contributed by atoms with Gasteiger partial charge >= 0.3 is 0 Å². The quantitative estimate of drug-likeness (QED) is 0.905. The summed E-state index contributed by atoms with van der Waals surface area (Å²) in [7, 11) is 3.76. The molecule has 1 unspecified atom stereocenters. The standard InChI is InChI=1S/C16H24N2O/c1-16(2,17-3)15(19)18(4)14-11-7-9-12-8-5-6-10-13(12)14/h5-6,8,10,14,17H,7,9,11H2,1-4H3. The minimum atomic E-state index is -0.513. The van der Waals surface area contributed by atoms with Crippen LogP contribution in [0, 0.1) is 0 Å². The summed E-state index contributed by atoms with van der Waals surface area (Å²) in [6.07, 6.45) is 3.34. The zero-order valence-electron chi connectivity index (χ0n) is 12.4. The number of amides is 1. The first-order chi connectivity index (χ1) is 8.97. The van der Waals surface area contributed by atoms with Gasteiger partial charge in [-0.1, -0.05) is 24.3 Å². The number of fused-ring (bicyclic) bond motifs is 1. The summed E-state index contributed by atoms with van der Waals surface area (Å²) >= 11 is 0. The average molecular weight is 260 g/mol. The number of carbonyl (C=O) groups is 1. The van der Waals surface area contributed by atoms with E-state index in [1.165, 1.54) is 11.1 Å². The lowest BCUT2D eigenvalue weighted by atomic mass is 9.86. The van der Waals surface area contributed by atoms with Gasteiger partial charge < -0.3 is 10.2 Å². The minimum absolute atomic E-state index is 0.150. The minimum Gasteiger partial charge on any atom is -0.337 e. The number of likely N-dealkylation sites (N-methyl/N-ethyl adjacent to an activating group) is 2. The molecular weight excluding hydrogens is 236 g/mol. The third-order valence-corrected chi connectivity index (χ3v) is 4.29. The molecule has 1 aliphatic carbocycles. The number of rotatable bonds is 3. The van der Waals surface area contributed by atoms with Crippen LogP contribution in [0.25, 0.3) is 0 Å². The number of benzene rings is 1. The van der Waals surface area contributed by atoms with E-state index in [9.17, 15) is 4.79 Å². The van der Waals surface area contributed by atoms with E-state index in [4.69, 9.17) is 0 Å². The molecule has 1 aromatic rings. The van der Waals surface area contributed by atoms with Crippen molar-refractivity contribution in [3.05, 3.63) is 35.4 Å². The average Bonchev–Trinajstić information content (AvgIpc) is 2.45. The molecule has 0 aliphatic heterocycles. The first-order valence-electron chi connectivity index (χ1n) is 7.01. The van der Waals surface area contributed by atoms with E-state index in [1.807, 2.05) is 32.8 Å². The molecule has 0 bridgehead atoms. The molecule has 3 nitrogen and oxygen atoms in total. The van der Waals surface area contributed by atoms with Crippen molar-refractivity contribution in [1.29, 1.82) is 0 Å². The summed E-state index contributed by atoms with van der Waals surface area (Å²) in [5, 5.41) is 3.09. The highest BCUT2D eigenvalue weighted by Gasteiger charge is 2.34. The van der Waals surface area contributed by atoms with E-state index in [2.05, 4.69) is 29.6 Å². The third kappa shape index (κ3) is 2.66. The number of hydrogen-bond donors (Lipinski definition) is 1. The van der Waals surface area contributed by atoms with Crippen LogP contribution in [-0.2, 0) is 11.2 Å².